The second-order valence-corrected chi connectivity index (χ2v) is 9.92. The molecule has 2 amide bonds. The van der Waals surface area contributed by atoms with Crippen LogP contribution in [-0.2, 0) is 28.3 Å². The Morgan fingerprint density at radius 3 is 2.29 bits per heavy atom. The molecule has 0 aromatic heterocycles. The average molecular weight is 509 g/mol. The number of hydrogen-bond donors (Lipinski definition) is 1. The number of aryl methyl sites for hydroxylation is 1. The molecule has 35 heavy (non-hydrogen) atoms. The zero-order chi connectivity index (χ0) is 25.0. The molecule has 0 unspecified atom stereocenters. The molecular formula is C29H33ClN2O2S. The number of thioether (sulfide) groups is 1. The van der Waals surface area contributed by atoms with E-state index < -0.39 is 6.04 Å². The molecule has 0 spiro atoms. The maximum absolute atomic E-state index is 13.6. The Morgan fingerprint density at radius 1 is 0.943 bits per heavy atom. The Morgan fingerprint density at radius 2 is 1.60 bits per heavy atom. The first kappa shape index (κ1) is 26.8. The van der Waals surface area contributed by atoms with Crippen LogP contribution >= 0.6 is 23.4 Å². The van der Waals surface area contributed by atoms with Crippen molar-refractivity contribution in [2.45, 2.75) is 45.0 Å². The molecule has 0 saturated carbocycles. The Bertz CT molecular complexity index is 1110. The van der Waals surface area contributed by atoms with E-state index >= 15 is 0 Å². The lowest BCUT2D eigenvalue weighted by atomic mass is 10.0. The normalized spacial score (nSPS) is 11.6. The second kappa shape index (κ2) is 14.0. The van der Waals surface area contributed by atoms with Gasteiger partial charge >= 0.3 is 0 Å². The van der Waals surface area contributed by atoms with Crippen molar-refractivity contribution in [2.24, 2.45) is 0 Å². The Labute approximate surface area is 218 Å². The molecule has 184 valence electrons. The number of amides is 2. The van der Waals surface area contributed by atoms with Crippen LogP contribution in [0.1, 0.15) is 35.6 Å². The summed E-state index contributed by atoms with van der Waals surface area (Å²) in [6.45, 7) is 5.02. The molecule has 0 saturated heterocycles. The van der Waals surface area contributed by atoms with E-state index in [1.165, 1.54) is 11.8 Å². The molecule has 0 bridgehead atoms. The van der Waals surface area contributed by atoms with Gasteiger partial charge in [-0.05, 0) is 41.7 Å². The highest BCUT2D eigenvalue weighted by atomic mass is 35.5. The van der Waals surface area contributed by atoms with Gasteiger partial charge in [-0.1, -0.05) is 91.3 Å². The molecule has 0 radical (unpaired) electrons. The fraction of sp³-hybridized carbons (Fsp3) is 0.310. The molecule has 0 aliphatic heterocycles. The van der Waals surface area contributed by atoms with Crippen molar-refractivity contribution < 1.29 is 9.59 Å². The lowest BCUT2D eigenvalue weighted by molar-refractivity contribution is -0.139. The van der Waals surface area contributed by atoms with E-state index in [9.17, 15) is 9.59 Å². The first-order valence-corrected chi connectivity index (χ1v) is 13.5. The van der Waals surface area contributed by atoms with E-state index in [1.807, 2.05) is 92.7 Å². The molecule has 4 nitrogen and oxygen atoms in total. The van der Waals surface area contributed by atoms with Gasteiger partial charge in [0.2, 0.25) is 11.8 Å². The van der Waals surface area contributed by atoms with E-state index in [1.54, 1.807) is 4.90 Å². The predicted molar refractivity (Wildman–Crippen MR) is 147 cm³/mol. The average Bonchev–Trinajstić information content (AvgIpc) is 2.87. The zero-order valence-electron chi connectivity index (χ0n) is 20.4. The van der Waals surface area contributed by atoms with Crippen LogP contribution in [0.25, 0.3) is 0 Å². The highest BCUT2D eigenvalue weighted by Crippen LogP contribution is 2.23. The van der Waals surface area contributed by atoms with Crippen LogP contribution < -0.4 is 5.32 Å². The van der Waals surface area contributed by atoms with Gasteiger partial charge in [0.25, 0.3) is 0 Å². The SMILES string of the molecule is CCCNC(=O)[C@H](Cc1ccccc1)N(Cc1ccccc1C)C(=O)CSCc1ccccc1Cl. The van der Waals surface area contributed by atoms with Crippen LogP contribution in [0.3, 0.4) is 0 Å². The fourth-order valence-corrected chi connectivity index (χ4v) is 5.03. The van der Waals surface area contributed by atoms with Gasteiger partial charge in [0.1, 0.15) is 6.04 Å². The molecule has 0 aliphatic carbocycles. The molecule has 3 aromatic carbocycles. The second-order valence-electron chi connectivity index (χ2n) is 8.53. The maximum atomic E-state index is 13.6. The first-order valence-electron chi connectivity index (χ1n) is 12.0. The van der Waals surface area contributed by atoms with Crippen molar-refractivity contribution in [2.75, 3.05) is 12.3 Å². The van der Waals surface area contributed by atoms with E-state index in [0.29, 0.717) is 30.3 Å². The Kier molecular flexibility index (Phi) is 10.7. The highest BCUT2D eigenvalue weighted by Gasteiger charge is 2.30. The summed E-state index contributed by atoms with van der Waals surface area (Å²) in [4.78, 5) is 28.7. The number of carbonyl (C=O) groups excluding carboxylic acids is 2. The van der Waals surface area contributed by atoms with E-state index in [-0.39, 0.29) is 17.6 Å². The smallest absolute Gasteiger partial charge is 0.243 e. The van der Waals surface area contributed by atoms with Crippen molar-refractivity contribution >= 4 is 35.2 Å². The third-order valence-corrected chi connectivity index (χ3v) is 7.20. The van der Waals surface area contributed by atoms with Crippen molar-refractivity contribution in [3.8, 4) is 0 Å². The molecule has 3 rings (SSSR count). The molecular weight excluding hydrogens is 476 g/mol. The monoisotopic (exact) mass is 508 g/mol. The number of nitrogens with zero attached hydrogens (tertiary/aromatic N) is 1. The Hall–Kier alpha value is -2.76. The molecule has 0 heterocycles. The molecule has 0 aliphatic rings. The largest absolute Gasteiger partial charge is 0.354 e. The van der Waals surface area contributed by atoms with Gasteiger partial charge in [0.05, 0.1) is 5.75 Å². The third-order valence-electron chi connectivity index (χ3n) is 5.86. The van der Waals surface area contributed by atoms with Crippen LogP contribution in [0.2, 0.25) is 5.02 Å². The summed E-state index contributed by atoms with van der Waals surface area (Å²) in [5.41, 5.74) is 4.16. The summed E-state index contributed by atoms with van der Waals surface area (Å²) in [6, 6.07) is 25.0. The summed E-state index contributed by atoms with van der Waals surface area (Å²) in [7, 11) is 0. The number of benzene rings is 3. The van der Waals surface area contributed by atoms with Gasteiger partial charge in [-0.2, -0.15) is 0 Å². The molecule has 3 aromatic rings. The summed E-state index contributed by atoms with van der Waals surface area (Å²) in [6.07, 6.45) is 1.30. The van der Waals surface area contributed by atoms with E-state index in [4.69, 9.17) is 11.6 Å². The third kappa shape index (κ3) is 8.15. The number of hydrogen-bond acceptors (Lipinski definition) is 3. The summed E-state index contributed by atoms with van der Waals surface area (Å²) >= 11 is 7.81. The Balaban J connectivity index is 1.85. The highest BCUT2D eigenvalue weighted by molar-refractivity contribution is 7.99. The fourth-order valence-electron chi connectivity index (χ4n) is 3.84. The summed E-state index contributed by atoms with van der Waals surface area (Å²) in [5.74, 6) is 0.727. The topological polar surface area (TPSA) is 49.4 Å². The minimum absolute atomic E-state index is 0.0575. The van der Waals surface area contributed by atoms with Gasteiger partial charge in [-0.3, -0.25) is 9.59 Å². The number of rotatable bonds is 12. The van der Waals surface area contributed by atoms with Crippen LogP contribution in [-0.4, -0.2) is 35.1 Å². The predicted octanol–water partition coefficient (Wildman–Crippen LogP) is 6.05. The van der Waals surface area contributed by atoms with Crippen molar-refractivity contribution in [1.82, 2.24) is 10.2 Å². The van der Waals surface area contributed by atoms with Gasteiger partial charge in [0, 0.05) is 30.3 Å². The molecule has 6 heteroatoms. The van der Waals surface area contributed by atoms with Crippen LogP contribution in [0.15, 0.2) is 78.9 Å². The summed E-state index contributed by atoms with van der Waals surface area (Å²) < 4.78 is 0. The molecule has 1 atom stereocenters. The first-order chi connectivity index (χ1) is 17.0. The summed E-state index contributed by atoms with van der Waals surface area (Å²) in [5, 5.41) is 3.72. The van der Waals surface area contributed by atoms with Crippen molar-refractivity contribution in [3.63, 3.8) is 0 Å². The standard InChI is InChI=1S/C29H33ClN2O2S/c1-3-17-31-29(34)27(18-23-12-5-4-6-13-23)32(19-24-14-8-7-11-22(24)2)28(33)21-35-20-25-15-9-10-16-26(25)30/h4-16,27H,3,17-21H2,1-2H3,(H,31,34)/t27-/m0/s1. The quantitative estimate of drug-likeness (QED) is 0.324. The minimum Gasteiger partial charge on any atom is -0.354 e. The lowest BCUT2D eigenvalue weighted by Gasteiger charge is -2.32. The van der Waals surface area contributed by atoms with Gasteiger partial charge < -0.3 is 10.2 Å². The number of nitrogens with one attached hydrogen (secondary N) is 1. The van der Waals surface area contributed by atoms with Crippen LogP contribution in [0.4, 0.5) is 0 Å². The van der Waals surface area contributed by atoms with Crippen LogP contribution in [0.5, 0.6) is 0 Å². The van der Waals surface area contributed by atoms with Crippen molar-refractivity contribution in [3.05, 3.63) is 106 Å². The number of carbonyl (C=O) groups is 2. The van der Waals surface area contributed by atoms with Crippen molar-refractivity contribution in [1.29, 1.82) is 0 Å². The lowest BCUT2D eigenvalue weighted by Crippen LogP contribution is -2.51. The van der Waals surface area contributed by atoms with Crippen LogP contribution in [0, 0.1) is 6.92 Å². The van der Waals surface area contributed by atoms with E-state index in [0.717, 1.165) is 28.7 Å². The molecule has 1 N–H and O–H groups in total. The van der Waals surface area contributed by atoms with Gasteiger partial charge in [-0.15, -0.1) is 11.8 Å². The minimum atomic E-state index is -0.600. The molecule has 0 fully saturated rings. The van der Waals surface area contributed by atoms with Gasteiger partial charge in [0.15, 0.2) is 0 Å². The number of halogens is 1. The maximum Gasteiger partial charge on any atom is 0.243 e. The van der Waals surface area contributed by atoms with E-state index in [2.05, 4.69) is 5.32 Å². The zero-order valence-corrected chi connectivity index (χ0v) is 21.9. The van der Waals surface area contributed by atoms with Gasteiger partial charge in [-0.25, -0.2) is 0 Å².